The van der Waals surface area contributed by atoms with Crippen LogP contribution in [-0.2, 0) is 36.8 Å². The van der Waals surface area contributed by atoms with Gasteiger partial charge in [0.1, 0.15) is 23.4 Å². The fraction of sp³-hybridized carbons (Fsp3) is 0.500. The number of ketones is 1. The van der Waals surface area contributed by atoms with Gasteiger partial charge in [0.2, 0.25) is 17.7 Å². The van der Waals surface area contributed by atoms with Crippen LogP contribution in [0.3, 0.4) is 0 Å². The average molecular weight is 580 g/mol. The van der Waals surface area contributed by atoms with Crippen molar-refractivity contribution in [1.29, 1.82) is 0 Å². The van der Waals surface area contributed by atoms with Gasteiger partial charge in [0.15, 0.2) is 5.78 Å². The smallest absolute Gasteiger partial charge is 0.243 e. The molecule has 0 radical (unpaired) electrons. The topological polar surface area (TPSA) is 146 Å². The average Bonchev–Trinajstić information content (AvgIpc) is 3.75. The summed E-state index contributed by atoms with van der Waals surface area (Å²) >= 11 is 0. The van der Waals surface area contributed by atoms with Crippen LogP contribution in [0.4, 0.5) is 0 Å². The lowest BCUT2D eigenvalue weighted by Gasteiger charge is -2.27. The van der Waals surface area contributed by atoms with E-state index in [-0.39, 0.29) is 37.1 Å². The summed E-state index contributed by atoms with van der Waals surface area (Å²) < 4.78 is 10.6. The third-order valence-corrected chi connectivity index (χ3v) is 8.07. The second-order valence-corrected chi connectivity index (χ2v) is 11.5. The molecule has 0 spiro atoms. The molecule has 1 saturated carbocycles. The molecule has 1 aliphatic heterocycles. The summed E-state index contributed by atoms with van der Waals surface area (Å²) in [7, 11) is 1.56. The van der Waals surface area contributed by atoms with Crippen LogP contribution < -0.4 is 20.7 Å². The quantitative estimate of drug-likeness (QED) is 0.265. The van der Waals surface area contributed by atoms with Crippen LogP contribution in [0.2, 0.25) is 0 Å². The molecule has 2 fully saturated rings. The minimum atomic E-state index is -1.02. The van der Waals surface area contributed by atoms with Crippen LogP contribution in [0.5, 0.6) is 5.75 Å². The van der Waals surface area contributed by atoms with Gasteiger partial charge in [-0.15, -0.1) is 0 Å². The first-order valence-corrected chi connectivity index (χ1v) is 14.5. The monoisotopic (exact) mass is 579 g/mol. The molecular formula is C32H41N3O7. The molecule has 42 heavy (non-hydrogen) atoms. The van der Waals surface area contributed by atoms with Crippen LogP contribution in [0.1, 0.15) is 50.7 Å². The lowest BCUT2D eigenvalue weighted by atomic mass is 9.87. The number of aliphatic hydroxyl groups excluding tert-OH is 1. The number of carbonyl (C=O) groups is 4. The summed E-state index contributed by atoms with van der Waals surface area (Å²) in [6, 6.07) is 13.8. The summed E-state index contributed by atoms with van der Waals surface area (Å²) in [6.45, 7) is 3.56. The third kappa shape index (κ3) is 8.39. The van der Waals surface area contributed by atoms with E-state index in [0.29, 0.717) is 31.4 Å². The van der Waals surface area contributed by atoms with Gasteiger partial charge in [0.05, 0.1) is 25.9 Å². The SMILES string of the molecule is COc1ccc(C[C@H](NC(=O)[C@@H](C)NC(=O)C2CCC(O)CC2)C(=O)N[C@@H](Cc2ccccc2)C(=O)[C@@]2(C)CO2)cc1. The molecule has 1 saturated heterocycles. The molecule has 2 aromatic carbocycles. The van der Waals surface area contributed by atoms with Crippen LogP contribution in [0.15, 0.2) is 54.6 Å². The molecule has 4 atom stereocenters. The van der Waals surface area contributed by atoms with Crippen LogP contribution in [0.25, 0.3) is 0 Å². The van der Waals surface area contributed by atoms with E-state index >= 15 is 0 Å². The van der Waals surface area contributed by atoms with Gasteiger partial charge in [0.25, 0.3) is 0 Å². The minimum Gasteiger partial charge on any atom is -0.497 e. The first-order chi connectivity index (χ1) is 20.1. The molecule has 4 rings (SSSR count). The predicted molar refractivity (Wildman–Crippen MR) is 156 cm³/mol. The van der Waals surface area contributed by atoms with E-state index in [9.17, 15) is 24.3 Å². The maximum absolute atomic E-state index is 13.7. The van der Waals surface area contributed by atoms with Crippen molar-refractivity contribution < 1.29 is 33.8 Å². The highest BCUT2D eigenvalue weighted by Crippen LogP contribution is 2.29. The number of methoxy groups -OCH3 is 1. The summed E-state index contributed by atoms with van der Waals surface area (Å²) in [5, 5.41) is 18.2. The van der Waals surface area contributed by atoms with Gasteiger partial charge in [-0.1, -0.05) is 42.5 Å². The molecule has 0 unspecified atom stereocenters. The maximum Gasteiger partial charge on any atom is 0.243 e. The van der Waals surface area contributed by atoms with Crippen LogP contribution in [-0.4, -0.2) is 72.2 Å². The van der Waals surface area contributed by atoms with Crippen molar-refractivity contribution in [2.24, 2.45) is 5.92 Å². The fourth-order valence-corrected chi connectivity index (χ4v) is 5.19. The number of ether oxygens (including phenoxy) is 2. The lowest BCUT2D eigenvalue weighted by Crippen LogP contribution is -2.57. The number of benzene rings is 2. The van der Waals surface area contributed by atoms with Crippen LogP contribution in [0, 0.1) is 5.92 Å². The number of nitrogens with one attached hydrogen (secondary N) is 3. The number of hydrogen-bond acceptors (Lipinski definition) is 7. The molecule has 2 aromatic rings. The van der Waals surface area contributed by atoms with Crippen molar-refractivity contribution in [2.75, 3.05) is 13.7 Å². The second-order valence-electron chi connectivity index (χ2n) is 11.5. The number of amides is 3. The molecule has 1 heterocycles. The Hall–Kier alpha value is -3.76. The van der Waals surface area contributed by atoms with E-state index in [1.165, 1.54) is 0 Å². The molecule has 226 valence electrons. The highest BCUT2D eigenvalue weighted by atomic mass is 16.6. The first-order valence-electron chi connectivity index (χ1n) is 14.5. The Labute approximate surface area is 246 Å². The van der Waals surface area contributed by atoms with E-state index in [2.05, 4.69) is 16.0 Å². The zero-order valence-electron chi connectivity index (χ0n) is 24.4. The first kappa shape index (κ1) is 31.2. The van der Waals surface area contributed by atoms with Crippen molar-refractivity contribution in [3.05, 3.63) is 65.7 Å². The Morgan fingerprint density at radius 1 is 0.881 bits per heavy atom. The summed E-state index contributed by atoms with van der Waals surface area (Å²) in [6.07, 6.45) is 2.26. The highest BCUT2D eigenvalue weighted by molar-refractivity contribution is 5.98. The zero-order chi connectivity index (χ0) is 30.3. The molecule has 1 aliphatic carbocycles. The molecule has 10 heteroatoms. The number of epoxide rings is 1. The zero-order valence-corrected chi connectivity index (χ0v) is 24.4. The Morgan fingerprint density at radius 2 is 1.45 bits per heavy atom. The number of Topliss-reactive ketones (excluding diaryl/α,β-unsaturated/α-hetero) is 1. The van der Waals surface area contributed by atoms with Gasteiger partial charge in [0, 0.05) is 12.3 Å². The summed E-state index contributed by atoms with van der Waals surface area (Å²) in [5.41, 5.74) is 0.704. The van der Waals surface area contributed by atoms with E-state index < -0.39 is 41.6 Å². The number of aliphatic hydroxyl groups is 1. The van der Waals surface area contributed by atoms with E-state index in [0.717, 1.165) is 11.1 Å². The number of carbonyl (C=O) groups excluding carboxylic acids is 4. The third-order valence-electron chi connectivity index (χ3n) is 8.07. The molecule has 0 bridgehead atoms. The van der Waals surface area contributed by atoms with Crippen molar-refractivity contribution in [2.45, 2.75) is 82.2 Å². The lowest BCUT2D eigenvalue weighted by molar-refractivity contribution is -0.134. The predicted octanol–water partition coefficient (Wildman–Crippen LogP) is 1.86. The fourth-order valence-electron chi connectivity index (χ4n) is 5.19. The van der Waals surface area contributed by atoms with Gasteiger partial charge in [-0.3, -0.25) is 19.2 Å². The normalized spacial score (nSPS) is 23.5. The molecule has 4 N–H and O–H groups in total. The highest BCUT2D eigenvalue weighted by Gasteiger charge is 2.50. The summed E-state index contributed by atoms with van der Waals surface area (Å²) in [5.74, 6) is -1.12. The molecule has 2 aliphatic rings. The largest absolute Gasteiger partial charge is 0.497 e. The van der Waals surface area contributed by atoms with E-state index in [1.54, 1.807) is 45.2 Å². The number of hydrogen-bond donors (Lipinski definition) is 4. The maximum atomic E-state index is 13.7. The Morgan fingerprint density at radius 3 is 2.05 bits per heavy atom. The van der Waals surface area contributed by atoms with Gasteiger partial charge >= 0.3 is 0 Å². The van der Waals surface area contributed by atoms with Crippen molar-refractivity contribution in [3.8, 4) is 5.75 Å². The Balaban J connectivity index is 1.48. The minimum absolute atomic E-state index is 0.156. The Bertz CT molecular complexity index is 1240. The van der Waals surface area contributed by atoms with Gasteiger partial charge in [-0.05, 0) is 69.2 Å². The van der Waals surface area contributed by atoms with E-state index in [4.69, 9.17) is 9.47 Å². The van der Waals surface area contributed by atoms with Gasteiger partial charge < -0.3 is 30.5 Å². The van der Waals surface area contributed by atoms with Crippen molar-refractivity contribution in [1.82, 2.24) is 16.0 Å². The van der Waals surface area contributed by atoms with Crippen molar-refractivity contribution >= 4 is 23.5 Å². The molecule has 10 nitrogen and oxygen atoms in total. The standard InChI is InChI=1S/C32H41N3O7/c1-20(33-30(39)23-11-13-24(36)14-12-23)29(38)35-27(18-22-9-15-25(41-3)16-10-22)31(40)34-26(28(37)32(2)19-42-32)17-21-7-5-4-6-8-21/h4-10,15-16,20,23-24,26-27,36H,11-14,17-19H2,1-3H3,(H,33,39)(H,34,40)(H,35,38)/t20-,23?,24?,26+,27+,32-/m1/s1. The number of rotatable bonds is 13. The molecule has 0 aromatic heterocycles. The van der Waals surface area contributed by atoms with Crippen molar-refractivity contribution in [3.63, 3.8) is 0 Å². The van der Waals surface area contributed by atoms with Gasteiger partial charge in [-0.25, -0.2) is 0 Å². The van der Waals surface area contributed by atoms with Crippen LogP contribution >= 0.6 is 0 Å². The van der Waals surface area contributed by atoms with E-state index in [1.807, 2.05) is 30.3 Å². The molecular weight excluding hydrogens is 538 g/mol. The molecule has 3 amide bonds. The van der Waals surface area contributed by atoms with Gasteiger partial charge in [-0.2, -0.15) is 0 Å². The second kappa shape index (κ2) is 13.9. The summed E-state index contributed by atoms with van der Waals surface area (Å²) in [4.78, 5) is 53.1. The Kier molecular flexibility index (Phi) is 10.3.